The molecular formula is C20H21NO6. The Labute approximate surface area is 157 Å². The summed E-state index contributed by atoms with van der Waals surface area (Å²) in [7, 11) is 1.43. The molecule has 0 saturated carbocycles. The van der Waals surface area contributed by atoms with E-state index in [4.69, 9.17) is 14.2 Å². The minimum absolute atomic E-state index is 0.113. The summed E-state index contributed by atoms with van der Waals surface area (Å²) in [6.07, 6.45) is -0.983. The van der Waals surface area contributed by atoms with Crippen LogP contribution in [0.3, 0.4) is 0 Å². The standard InChI is InChI=1S/C20H21NO6/c1-13(22)15-9-10-17(18(11-15)25-3)26-12-19(23)27-14(2)20(24)21-16-7-5-4-6-8-16/h4-11,14H,12H2,1-3H3,(H,21,24)/t14-/m0/s1. The average molecular weight is 371 g/mol. The van der Waals surface area contributed by atoms with Crippen molar-refractivity contribution in [3.8, 4) is 11.5 Å². The minimum Gasteiger partial charge on any atom is -0.493 e. The maximum Gasteiger partial charge on any atom is 0.344 e. The number of rotatable bonds is 8. The van der Waals surface area contributed by atoms with Crippen LogP contribution in [0.4, 0.5) is 5.69 Å². The van der Waals surface area contributed by atoms with Crippen LogP contribution in [0.15, 0.2) is 48.5 Å². The normalized spacial score (nSPS) is 11.2. The lowest BCUT2D eigenvalue weighted by Crippen LogP contribution is -2.31. The molecule has 0 spiro atoms. The molecule has 2 rings (SSSR count). The fraction of sp³-hybridized carbons (Fsp3) is 0.250. The zero-order valence-corrected chi connectivity index (χ0v) is 15.4. The number of anilines is 1. The van der Waals surface area contributed by atoms with Crippen LogP contribution < -0.4 is 14.8 Å². The molecule has 0 bridgehead atoms. The summed E-state index contributed by atoms with van der Waals surface area (Å²) in [6.45, 7) is 2.51. The molecular weight excluding hydrogens is 350 g/mol. The lowest BCUT2D eigenvalue weighted by atomic mass is 10.1. The number of carbonyl (C=O) groups excluding carboxylic acids is 3. The highest BCUT2D eigenvalue weighted by molar-refractivity contribution is 5.95. The highest BCUT2D eigenvalue weighted by Crippen LogP contribution is 2.28. The molecule has 0 heterocycles. The molecule has 142 valence electrons. The molecule has 0 saturated heterocycles. The molecule has 0 aliphatic rings. The Bertz CT molecular complexity index is 818. The Morgan fingerprint density at radius 2 is 1.74 bits per heavy atom. The van der Waals surface area contributed by atoms with Crippen LogP contribution in [0.2, 0.25) is 0 Å². The van der Waals surface area contributed by atoms with Gasteiger partial charge in [0.2, 0.25) is 0 Å². The fourth-order valence-corrected chi connectivity index (χ4v) is 2.19. The van der Waals surface area contributed by atoms with E-state index in [9.17, 15) is 14.4 Å². The van der Waals surface area contributed by atoms with E-state index < -0.39 is 24.6 Å². The molecule has 7 heteroatoms. The third kappa shape index (κ3) is 5.85. The zero-order valence-electron chi connectivity index (χ0n) is 15.4. The number of ether oxygens (including phenoxy) is 3. The van der Waals surface area contributed by atoms with Gasteiger partial charge in [-0.2, -0.15) is 0 Å². The van der Waals surface area contributed by atoms with Crippen LogP contribution in [0.25, 0.3) is 0 Å². The summed E-state index contributed by atoms with van der Waals surface area (Å²) in [6, 6.07) is 13.5. The molecule has 0 unspecified atom stereocenters. The summed E-state index contributed by atoms with van der Waals surface area (Å²) in [5, 5.41) is 2.65. The van der Waals surface area contributed by atoms with Crippen molar-refractivity contribution in [1.82, 2.24) is 0 Å². The predicted molar refractivity (Wildman–Crippen MR) is 99.1 cm³/mol. The molecule has 27 heavy (non-hydrogen) atoms. The van der Waals surface area contributed by atoms with E-state index >= 15 is 0 Å². The molecule has 0 aromatic heterocycles. The molecule has 1 atom stereocenters. The number of nitrogens with one attached hydrogen (secondary N) is 1. The number of para-hydroxylation sites is 1. The van der Waals surface area contributed by atoms with Gasteiger partial charge >= 0.3 is 5.97 Å². The largest absolute Gasteiger partial charge is 0.493 e. The summed E-state index contributed by atoms with van der Waals surface area (Å²) in [4.78, 5) is 35.4. The first kappa shape index (κ1) is 20.0. The summed E-state index contributed by atoms with van der Waals surface area (Å²) >= 11 is 0. The van der Waals surface area contributed by atoms with Gasteiger partial charge in [0.15, 0.2) is 30.0 Å². The second kappa shape index (κ2) is 9.38. The predicted octanol–water partition coefficient (Wildman–Crippen LogP) is 2.85. The van der Waals surface area contributed by atoms with Crippen LogP contribution in [-0.4, -0.2) is 37.5 Å². The second-order valence-corrected chi connectivity index (χ2v) is 5.70. The maximum atomic E-state index is 12.0. The van der Waals surface area contributed by atoms with Crippen molar-refractivity contribution in [2.75, 3.05) is 19.0 Å². The van der Waals surface area contributed by atoms with Crippen LogP contribution >= 0.6 is 0 Å². The zero-order chi connectivity index (χ0) is 19.8. The minimum atomic E-state index is -0.983. The van der Waals surface area contributed by atoms with Gasteiger partial charge in [0, 0.05) is 11.3 Å². The third-order valence-electron chi connectivity index (χ3n) is 3.63. The number of ketones is 1. The first-order valence-electron chi connectivity index (χ1n) is 8.28. The van der Waals surface area contributed by atoms with Crippen molar-refractivity contribution in [2.24, 2.45) is 0 Å². The molecule has 0 radical (unpaired) electrons. The van der Waals surface area contributed by atoms with E-state index in [1.807, 2.05) is 6.07 Å². The highest BCUT2D eigenvalue weighted by atomic mass is 16.6. The van der Waals surface area contributed by atoms with Crippen LogP contribution in [-0.2, 0) is 14.3 Å². The van der Waals surface area contributed by atoms with Gasteiger partial charge in [-0.3, -0.25) is 9.59 Å². The molecule has 2 aromatic rings. The molecule has 0 aliphatic carbocycles. The van der Waals surface area contributed by atoms with E-state index in [2.05, 4.69) is 5.32 Å². The van der Waals surface area contributed by atoms with Gasteiger partial charge in [0.25, 0.3) is 5.91 Å². The second-order valence-electron chi connectivity index (χ2n) is 5.70. The van der Waals surface area contributed by atoms with Crippen LogP contribution in [0.1, 0.15) is 24.2 Å². The van der Waals surface area contributed by atoms with Gasteiger partial charge in [-0.15, -0.1) is 0 Å². The van der Waals surface area contributed by atoms with Crippen molar-refractivity contribution >= 4 is 23.3 Å². The Morgan fingerprint density at radius 3 is 2.37 bits per heavy atom. The van der Waals surface area contributed by atoms with E-state index in [0.29, 0.717) is 22.7 Å². The number of esters is 1. The molecule has 1 amide bonds. The van der Waals surface area contributed by atoms with Gasteiger partial charge in [-0.1, -0.05) is 18.2 Å². The molecule has 7 nitrogen and oxygen atoms in total. The van der Waals surface area contributed by atoms with Crippen LogP contribution in [0.5, 0.6) is 11.5 Å². The molecule has 1 N–H and O–H groups in total. The number of methoxy groups -OCH3 is 1. The van der Waals surface area contributed by atoms with Crippen molar-refractivity contribution in [2.45, 2.75) is 20.0 Å². The van der Waals surface area contributed by atoms with Crippen LogP contribution in [0, 0.1) is 0 Å². The smallest absolute Gasteiger partial charge is 0.344 e. The number of Topliss-reactive ketones (excluding diaryl/α,β-unsaturated/α-hetero) is 1. The summed E-state index contributed by atoms with van der Waals surface area (Å²) in [5.74, 6) is -0.648. The van der Waals surface area contributed by atoms with Gasteiger partial charge in [0.1, 0.15) is 0 Å². The number of carbonyl (C=O) groups is 3. The van der Waals surface area contributed by atoms with Crippen molar-refractivity contribution in [3.05, 3.63) is 54.1 Å². The van der Waals surface area contributed by atoms with E-state index in [-0.39, 0.29) is 5.78 Å². The maximum absolute atomic E-state index is 12.0. The molecule has 0 fully saturated rings. The number of benzene rings is 2. The molecule has 0 aliphatic heterocycles. The van der Waals surface area contributed by atoms with Gasteiger partial charge < -0.3 is 19.5 Å². The van der Waals surface area contributed by atoms with Crippen molar-refractivity contribution in [1.29, 1.82) is 0 Å². The SMILES string of the molecule is COc1cc(C(C)=O)ccc1OCC(=O)O[C@@H](C)C(=O)Nc1ccccc1. The lowest BCUT2D eigenvalue weighted by molar-refractivity contribution is -0.155. The Kier molecular flexibility index (Phi) is 6.93. The quantitative estimate of drug-likeness (QED) is 0.567. The van der Waals surface area contributed by atoms with Gasteiger partial charge in [0.05, 0.1) is 7.11 Å². The summed E-state index contributed by atoms with van der Waals surface area (Å²) < 4.78 is 15.6. The average Bonchev–Trinajstić information content (AvgIpc) is 2.66. The first-order valence-corrected chi connectivity index (χ1v) is 8.28. The van der Waals surface area contributed by atoms with Crippen molar-refractivity contribution in [3.63, 3.8) is 0 Å². The monoisotopic (exact) mass is 371 g/mol. The third-order valence-corrected chi connectivity index (χ3v) is 3.63. The van der Waals surface area contributed by atoms with E-state index in [1.165, 1.54) is 33.1 Å². The topological polar surface area (TPSA) is 90.9 Å². The molecule has 2 aromatic carbocycles. The van der Waals surface area contributed by atoms with E-state index in [0.717, 1.165) is 0 Å². The number of hydrogen-bond acceptors (Lipinski definition) is 6. The van der Waals surface area contributed by atoms with Crippen molar-refractivity contribution < 1.29 is 28.6 Å². The highest BCUT2D eigenvalue weighted by Gasteiger charge is 2.19. The Hall–Kier alpha value is -3.35. The van der Waals surface area contributed by atoms with Gasteiger partial charge in [-0.25, -0.2) is 4.79 Å². The van der Waals surface area contributed by atoms with Gasteiger partial charge in [-0.05, 0) is 44.2 Å². The Morgan fingerprint density at radius 1 is 1.04 bits per heavy atom. The number of amides is 1. The first-order chi connectivity index (χ1) is 12.9. The fourth-order valence-electron chi connectivity index (χ4n) is 2.19. The number of hydrogen-bond donors (Lipinski definition) is 1. The summed E-state index contributed by atoms with van der Waals surface area (Å²) in [5.41, 5.74) is 1.07. The van der Waals surface area contributed by atoms with E-state index in [1.54, 1.807) is 30.3 Å². The Balaban J connectivity index is 1.88. The lowest BCUT2D eigenvalue weighted by Gasteiger charge is -2.15.